The molecular formula is C11H17NO. The van der Waals surface area contributed by atoms with Crippen LogP contribution in [-0.2, 0) is 6.42 Å². The highest BCUT2D eigenvalue weighted by Crippen LogP contribution is 2.32. The lowest BCUT2D eigenvalue weighted by atomic mass is 9.94. The van der Waals surface area contributed by atoms with Gasteiger partial charge in [0.25, 0.3) is 0 Å². The van der Waals surface area contributed by atoms with E-state index in [1.54, 1.807) is 0 Å². The van der Waals surface area contributed by atoms with Crippen molar-refractivity contribution >= 4 is 0 Å². The number of nitrogens with two attached hydrogens (primary N) is 1. The fourth-order valence-electron chi connectivity index (χ4n) is 1.90. The van der Waals surface area contributed by atoms with Gasteiger partial charge in [-0.3, -0.25) is 0 Å². The molecule has 0 radical (unpaired) electrons. The van der Waals surface area contributed by atoms with Crippen LogP contribution >= 0.6 is 0 Å². The first-order valence-electron chi connectivity index (χ1n) is 5.06. The van der Waals surface area contributed by atoms with Crippen LogP contribution in [0, 0.1) is 0 Å². The minimum Gasteiger partial charge on any atom is -0.465 e. The monoisotopic (exact) mass is 179 g/mol. The van der Waals surface area contributed by atoms with Gasteiger partial charge in [-0.1, -0.05) is 13.8 Å². The first-order valence-corrected chi connectivity index (χ1v) is 5.06. The SMILES string of the molecule is CC(C)c1cc2c(o1)CCCC2N. The molecule has 1 aliphatic carbocycles. The second kappa shape index (κ2) is 3.18. The lowest BCUT2D eigenvalue weighted by Crippen LogP contribution is -2.15. The van der Waals surface area contributed by atoms with Crippen LogP contribution < -0.4 is 5.73 Å². The second-order valence-corrected chi connectivity index (χ2v) is 4.18. The van der Waals surface area contributed by atoms with Crippen LogP contribution in [0.3, 0.4) is 0 Å². The van der Waals surface area contributed by atoms with E-state index in [0.29, 0.717) is 5.92 Å². The average molecular weight is 179 g/mol. The maximum absolute atomic E-state index is 6.00. The van der Waals surface area contributed by atoms with E-state index in [1.165, 1.54) is 12.0 Å². The molecule has 0 bridgehead atoms. The van der Waals surface area contributed by atoms with Gasteiger partial charge in [-0.2, -0.15) is 0 Å². The van der Waals surface area contributed by atoms with Crippen molar-refractivity contribution in [2.45, 2.75) is 45.1 Å². The molecule has 13 heavy (non-hydrogen) atoms. The highest BCUT2D eigenvalue weighted by Gasteiger charge is 2.22. The molecule has 2 nitrogen and oxygen atoms in total. The fourth-order valence-corrected chi connectivity index (χ4v) is 1.90. The Labute approximate surface area is 79.1 Å². The summed E-state index contributed by atoms with van der Waals surface area (Å²) in [4.78, 5) is 0. The van der Waals surface area contributed by atoms with Crippen molar-refractivity contribution < 1.29 is 4.42 Å². The number of fused-ring (bicyclic) bond motifs is 1. The van der Waals surface area contributed by atoms with E-state index in [-0.39, 0.29) is 6.04 Å². The van der Waals surface area contributed by atoms with Gasteiger partial charge in [-0.05, 0) is 18.9 Å². The third kappa shape index (κ3) is 1.51. The summed E-state index contributed by atoms with van der Waals surface area (Å²) in [7, 11) is 0. The standard InChI is InChI=1S/C11H17NO/c1-7(2)11-6-8-9(12)4-3-5-10(8)13-11/h6-7,9H,3-5,12H2,1-2H3. The molecule has 1 aromatic heterocycles. The summed E-state index contributed by atoms with van der Waals surface area (Å²) < 4.78 is 5.76. The van der Waals surface area contributed by atoms with E-state index in [9.17, 15) is 0 Å². The van der Waals surface area contributed by atoms with Crippen LogP contribution in [0.4, 0.5) is 0 Å². The Balaban J connectivity index is 2.36. The normalized spacial score (nSPS) is 22.0. The quantitative estimate of drug-likeness (QED) is 0.720. The third-order valence-electron chi connectivity index (χ3n) is 2.75. The van der Waals surface area contributed by atoms with Gasteiger partial charge in [0.15, 0.2) is 0 Å². The summed E-state index contributed by atoms with van der Waals surface area (Å²) in [6.07, 6.45) is 3.33. The molecule has 1 heterocycles. The number of hydrogen-bond donors (Lipinski definition) is 1. The molecule has 0 saturated heterocycles. The zero-order valence-corrected chi connectivity index (χ0v) is 8.34. The Morgan fingerprint density at radius 1 is 1.54 bits per heavy atom. The lowest BCUT2D eigenvalue weighted by molar-refractivity contribution is 0.417. The summed E-state index contributed by atoms with van der Waals surface area (Å²) in [5.41, 5.74) is 7.25. The first kappa shape index (κ1) is 8.82. The van der Waals surface area contributed by atoms with Gasteiger partial charge in [0.1, 0.15) is 11.5 Å². The predicted molar refractivity (Wildman–Crippen MR) is 52.7 cm³/mol. The first-order chi connectivity index (χ1) is 6.18. The highest BCUT2D eigenvalue weighted by molar-refractivity contribution is 5.28. The Hall–Kier alpha value is -0.760. The van der Waals surface area contributed by atoms with Crippen LogP contribution in [0.1, 0.15) is 55.7 Å². The molecule has 0 saturated carbocycles. The molecule has 1 aromatic rings. The molecule has 0 aromatic carbocycles. The number of hydrogen-bond acceptors (Lipinski definition) is 2. The molecule has 72 valence electrons. The van der Waals surface area contributed by atoms with Crippen molar-refractivity contribution in [1.82, 2.24) is 0 Å². The van der Waals surface area contributed by atoms with Gasteiger partial charge in [0, 0.05) is 23.9 Å². The topological polar surface area (TPSA) is 39.2 Å². The largest absolute Gasteiger partial charge is 0.465 e. The van der Waals surface area contributed by atoms with E-state index in [0.717, 1.165) is 24.4 Å². The molecular weight excluding hydrogens is 162 g/mol. The Bertz CT molecular complexity index is 301. The average Bonchev–Trinajstić information content (AvgIpc) is 2.49. The van der Waals surface area contributed by atoms with Crippen molar-refractivity contribution in [3.8, 4) is 0 Å². The Morgan fingerprint density at radius 3 is 2.92 bits per heavy atom. The van der Waals surface area contributed by atoms with Crippen molar-refractivity contribution in [1.29, 1.82) is 0 Å². The van der Waals surface area contributed by atoms with Crippen molar-refractivity contribution in [2.75, 3.05) is 0 Å². The number of rotatable bonds is 1. The lowest BCUT2D eigenvalue weighted by Gasteiger charge is -2.16. The van der Waals surface area contributed by atoms with E-state index >= 15 is 0 Å². The minimum atomic E-state index is 0.208. The predicted octanol–water partition coefficient (Wildman–Crippen LogP) is 2.74. The van der Waals surface area contributed by atoms with Crippen LogP contribution in [0.2, 0.25) is 0 Å². The molecule has 2 N–H and O–H groups in total. The number of aryl methyl sites for hydroxylation is 1. The zero-order valence-electron chi connectivity index (χ0n) is 8.34. The fraction of sp³-hybridized carbons (Fsp3) is 0.636. The summed E-state index contributed by atoms with van der Waals surface area (Å²) in [6, 6.07) is 2.35. The van der Waals surface area contributed by atoms with Gasteiger partial charge in [0.05, 0.1) is 0 Å². The van der Waals surface area contributed by atoms with Crippen molar-refractivity contribution in [3.63, 3.8) is 0 Å². The van der Waals surface area contributed by atoms with Gasteiger partial charge in [0.2, 0.25) is 0 Å². The molecule has 0 spiro atoms. The zero-order chi connectivity index (χ0) is 9.42. The number of furan rings is 1. The van der Waals surface area contributed by atoms with Crippen LogP contribution in [-0.4, -0.2) is 0 Å². The van der Waals surface area contributed by atoms with Crippen LogP contribution in [0.5, 0.6) is 0 Å². The van der Waals surface area contributed by atoms with Crippen molar-refractivity contribution in [3.05, 3.63) is 23.2 Å². The van der Waals surface area contributed by atoms with Crippen molar-refractivity contribution in [2.24, 2.45) is 5.73 Å². The summed E-state index contributed by atoms with van der Waals surface area (Å²) in [5.74, 6) is 2.68. The summed E-state index contributed by atoms with van der Waals surface area (Å²) >= 11 is 0. The van der Waals surface area contributed by atoms with Gasteiger partial charge < -0.3 is 10.2 Å². The van der Waals surface area contributed by atoms with E-state index in [4.69, 9.17) is 10.2 Å². The van der Waals surface area contributed by atoms with E-state index in [2.05, 4.69) is 19.9 Å². The molecule has 0 amide bonds. The summed E-state index contributed by atoms with van der Waals surface area (Å²) in [5, 5.41) is 0. The molecule has 2 rings (SSSR count). The van der Waals surface area contributed by atoms with Gasteiger partial charge in [-0.25, -0.2) is 0 Å². The minimum absolute atomic E-state index is 0.208. The molecule has 2 heteroatoms. The Morgan fingerprint density at radius 2 is 2.31 bits per heavy atom. The maximum Gasteiger partial charge on any atom is 0.108 e. The van der Waals surface area contributed by atoms with Gasteiger partial charge in [-0.15, -0.1) is 0 Å². The molecule has 1 aliphatic rings. The maximum atomic E-state index is 6.00. The van der Waals surface area contributed by atoms with Crippen LogP contribution in [0.25, 0.3) is 0 Å². The molecule has 0 aliphatic heterocycles. The third-order valence-corrected chi connectivity index (χ3v) is 2.75. The molecule has 1 atom stereocenters. The van der Waals surface area contributed by atoms with E-state index < -0.39 is 0 Å². The Kier molecular flexibility index (Phi) is 2.16. The second-order valence-electron chi connectivity index (χ2n) is 4.18. The van der Waals surface area contributed by atoms with Crippen LogP contribution in [0.15, 0.2) is 10.5 Å². The van der Waals surface area contributed by atoms with E-state index in [1.807, 2.05) is 0 Å². The van der Waals surface area contributed by atoms with Gasteiger partial charge >= 0.3 is 0 Å². The molecule has 1 unspecified atom stereocenters. The molecule has 0 fully saturated rings. The highest BCUT2D eigenvalue weighted by atomic mass is 16.3. The smallest absolute Gasteiger partial charge is 0.108 e. The summed E-state index contributed by atoms with van der Waals surface area (Å²) in [6.45, 7) is 4.30.